The number of imide groups is 1. The highest BCUT2D eigenvalue weighted by molar-refractivity contribution is 8.00. The number of rotatable bonds is 81. The molecule has 0 saturated carbocycles. The number of carbonyl (C=O) groups is 5. The highest BCUT2D eigenvalue weighted by Crippen LogP contribution is 2.33. The van der Waals surface area contributed by atoms with Crippen molar-refractivity contribution in [2.75, 3.05) is 329 Å². The number of nitrogens with zero attached hydrogens (tertiary/aromatic N) is 1. The molecule has 0 aliphatic carbocycles. The van der Waals surface area contributed by atoms with Crippen molar-refractivity contribution < 1.29 is 142 Å². The Morgan fingerprint density at radius 1 is 0.330 bits per heavy atom. The Hall–Kier alpha value is -3.26. The zero-order valence-electron chi connectivity index (χ0n) is 59.1. The van der Waals surface area contributed by atoms with Gasteiger partial charge < -0.3 is 134 Å². The van der Waals surface area contributed by atoms with Crippen LogP contribution < -0.4 is 16.0 Å². The SMILES string of the molecule is O=C(CCCCC1SC[C@@H]2NC(=O)N[C@H]12)NCCOCCOCCOCCOCCOCCOCCOCCOCCOCCOCCOCCOCCOCCOCCOCCOCCOCCOCCOCCOCCOCCOCCOCCOCCC(=O)ON1C(=O)CCC1=O. The van der Waals surface area contributed by atoms with E-state index in [1.807, 2.05) is 11.8 Å². The minimum Gasteiger partial charge on any atom is -0.378 e. The van der Waals surface area contributed by atoms with Crippen LogP contribution in [0.25, 0.3) is 0 Å². The Kier molecular flexibility index (Phi) is 64.9. The molecule has 34 nitrogen and oxygen atoms in total. The number of urea groups is 1. The molecule has 0 aromatic carbocycles. The predicted molar refractivity (Wildman–Crippen MR) is 358 cm³/mol. The summed E-state index contributed by atoms with van der Waals surface area (Å²) in [5.74, 6) is -0.754. The maximum Gasteiger partial charge on any atom is 0.335 e. The second-order valence-corrected chi connectivity index (χ2v) is 23.0. The fourth-order valence-corrected chi connectivity index (χ4v) is 10.3. The van der Waals surface area contributed by atoms with Crippen LogP contribution in [0.1, 0.15) is 44.9 Å². The molecule has 3 heterocycles. The summed E-state index contributed by atoms with van der Waals surface area (Å²) >= 11 is 1.90. The second-order valence-electron chi connectivity index (χ2n) is 21.7. The van der Waals surface area contributed by atoms with Crippen molar-refractivity contribution in [3.63, 3.8) is 0 Å². The number of carbonyl (C=O) groups excluding carboxylic acids is 5. The molecule has 3 N–H and O–H groups in total. The Bertz CT molecular complexity index is 1870. The van der Waals surface area contributed by atoms with Gasteiger partial charge in [-0.2, -0.15) is 11.8 Å². The van der Waals surface area contributed by atoms with E-state index in [0.29, 0.717) is 327 Å². The van der Waals surface area contributed by atoms with Gasteiger partial charge in [0.25, 0.3) is 11.8 Å². The van der Waals surface area contributed by atoms with E-state index in [9.17, 15) is 24.0 Å². The molecule has 35 heteroatoms. The van der Waals surface area contributed by atoms with Crippen molar-refractivity contribution in [3.05, 3.63) is 0 Å². The molecular weight excluding hydrogens is 1350 g/mol. The van der Waals surface area contributed by atoms with Crippen LogP contribution in [0.3, 0.4) is 0 Å². The Labute approximate surface area is 594 Å². The monoisotopic (exact) mass is 1470 g/mol. The number of unbranched alkanes of at least 4 members (excludes halogenated alkanes) is 1. The second kappa shape index (κ2) is 71.4. The van der Waals surface area contributed by atoms with E-state index in [1.54, 1.807) is 0 Å². The van der Waals surface area contributed by atoms with Gasteiger partial charge in [-0.15, -0.1) is 5.06 Å². The smallest absolute Gasteiger partial charge is 0.335 e. The van der Waals surface area contributed by atoms with Gasteiger partial charge in [-0.05, 0) is 12.8 Å². The first kappa shape index (κ1) is 91.0. The standard InChI is InChI=1S/C65H120N4O30S/c70-60(4-2-1-3-59-64-58(57-100-59)67-65(74)68-64)66-8-10-76-12-14-78-16-18-80-20-22-82-24-26-84-28-30-86-32-34-88-36-38-90-40-42-92-44-46-94-48-50-96-52-54-98-56-55-97-53-51-95-49-47-93-45-43-91-41-39-89-37-35-87-33-31-85-29-27-83-25-23-81-21-19-79-17-15-77-13-11-75-9-7-63(73)99-69-61(71)5-6-62(69)72/h58-59,64H,1-57H2,(H,66,70)(H2,67,68,74)/t58-,59?,64-/m0/s1. The van der Waals surface area contributed by atoms with E-state index >= 15 is 0 Å². The lowest BCUT2D eigenvalue weighted by atomic mass is 10.0. The summed E-state index contributed by atoms with van der Waals surface area (Å²) in [5, 5.41) is 9.80. The van der Waals surface area contributed by atoms with Crippen LogP contribution in [0.4, 0.5) is 4.79 Å². The van der Waals surface area contributed by atoms with Gasteiger partial charge in [0.15, 0.2) is 0 Å². The number of fused-ring (bicyclic) bond motifs is 1. The Balaban J connectivity index is 0.833. The summed E-state index contributed by atoms with van der Waals surface area (Å²) in [4.78, 5) is 63.0. The number of hydrogen-bond acceptors (Lipinski definition) is 31. The van der Waals surface area contributed by atoms with Crippen LogP contribution in [0.15, 0.2) is 0 Å². The molecule has 0 radical (unpaired) electrons. The molecule has 3 aliphatic heterocycles. The Morgan fingerprint density at radius 3 is 0.850 bits per heavy atom. The maximum atomic E-state index is 12.1. The fraction of sp³-hybridized carbons (Fsp3) is 0.923. The maximum absolute atomic E-state index is 12.1. The molecule has 3 atom stereocenters. The van der Waals surface area contributed by atoms with Crippen molar-refractivity contribution in [3.8, 4) is 0 Å². The number of hydroxylamine groups is 2. The van der Waals surface area contributed by atoms with Gasteiger partial charge in [0, 0.05) is 36.8 Å². The minimum atomic E-state index is -0.706. The average Bonchev–Trinajstić information content (AvgIpc) is 1.67. The van der Waals surface area contributed by atoms with Gasteiger partial charge in [0.2, 0.25) is 5.91 Å². The van der Waals surface area contributed by atoms with Crippen molar-refractivity contribution in [1.29, 1.82) is 0 Å². The van der Waals surface area contributed by atoms with Gasteiger partial charge in [0.1, 0.15) is 0 Å². The van der Waals surface area contributed by atoms with Gasteiger partial charge >= 0.3 is 12.0 Å². The van der Waals surface area contributed by atoms with Crippen LogP contribution in [0.5, 0.6) is 0 Å². The quantitative estimate of drug-likeness (QED) is 0.0417. The van der Waals surface area contributed by atoms with E-state index in [2.05, 4.69) is 16.0 Å². The van der Waals surface area contributed by atoms with Gasteiger partial charge in [-0.3, -0.25) is 14.4 Å². The van der Waals surface area contributed by atoms with Gasteiger partial charge in [-0.1, -0.05) is 6.42 Å². The molecule has 100 heavy (non-hydrogen) atoms. The number of nitrogens with one attached hydrogen (secondary N) is 3. The average molecular weight is 1470 g/mol. The highest BCUT2D eigenvalue weighted by Gasteiger charge is 2.42. The third-order valence-corrected chi connectivity index (χ3v) is 15.4. The highest BCUT2D eigenvalue weighted by atomic mass is 32.2. The normalized spacial score (nSPS) is 15.9. The summed E-state index contributed by atoms with van der Waals surface area (Å²) in [6.45, 7) is 21.9. The zero-order chi connectivity index (χ0) is 71.0. The summed E-state index contributed by atoms with van der Waals surface area (Å²) in [6.07, 6.45) is 3.31. The summed E-state index contributed by atoms with van der Waals surface area (Å²) in [5.41, 5.74) is 0. The van der Waals surface area contributed by atoms with E-state index in [4.69, 9.17) is 119 Å². The van der Waals surface area contributed by atoms with Gasteiger partial charge in [0.05, 0.1) is 336 Å². The van der Waals surface area contributed by atoms with Crippen molar-refractivity contribution in [2.24, 2.45) is 0 Å². The van der Waals surface area contributed by atoms with Crippen LogP contribution >= 0.6 is 11.8 Å². The first-order chi connectivity index (χ1) is 49.4. The molecule has 0 spiro atoms. The van der Waals surface area contributed by atoms with Crippen LogP contribution in [-0.4, -0.2) is 382 Å². The van der Waals surface area contributed by atoms with Crippen LogP contribution in [-0.2, 0) is 138 Å². The number of amides is 5. The van der Waals surface area contributed by atoms with E-state index in [0.717, 1.165) is 25.0 Å². The molecule has 0 bridgehead atoms. The minimum absolute atomic E-state index is 0.0349. The molecule has 0 aromatic rings. The van der Waals surface area contributed by atoms with E-state index < -0.39 is 17.8 Å². The zero-order valence-corrected chi connectivity index (χ0v) is 60.0. The Morgan fingerprint density at radius 2 is 0.580 bits per heavy atom. The first-order valence-electron chi connectivity index (χ1n) is 35.3. The van der Waals surface area contributed by atoms with Crippen molar-refractivity contribution in [1.82, 2.24) is 21.0 Å². The molecule has 3 rings (SSSR count). The van der Waals surface area contributed by atoms with E-state index in [-0.39, 0.29) is 56.5 Å². The molecule has 586 valence electrons. The van der Waals surface area contributed by atoms with Gasteiger partial charge in [-0.25, -0.2) is 9.59 Å². The first-order valence-corrected chi connectivity index (χ1v) is 36.4. The summed E-state index contributed by atoms with van der Waals surface area (Å²) in [7, 11) is 0. The number of ether oxygens (including phenoxy) is 24. The largest absolute Gasteiger partial charge is 0.378 e. The number of hydrogen-bond donors (Lipinski definition) is 3. The summed E-state index contributed by atoms with van der Waals surface area (Å²) < 4.78 is 132. The van der Waals surface area contributed by atoms with Crippen LogP contribution in [0, 0.1) is 0 Å². The lowest BCUT2D eigenvalue weighted by molar-refractivity contribution is -0.198. The molecule has 0 aromatic heterocycles. The molecule has 3 saturated heterocycles. The van der Waals surface area contributed by atoms with Crippen molar-refractivity contribution in [2.45, 2.75) is 62.3 Å². The molecule has 5 amide bonds. The third kappa shape index (κ3) is 58.1. The molecular formula is C65H120N4O30S. The lowest BCUT2D eigenvalue weighted by Crippen LogP contribution is -2.36. The third-order valence-electron chi connectivity index (χ3n) is 13.9. The van der Waals surface area contributed by atoms with E-state index in [1.165, 1.54) is 0 Å². The topological polar surface area (TPSA) is 355 Å². The summed E-state index contributed by atoms with van der Waals surface area (Å²) in [6, 6.07) is 0.380. The molecule has 3 aliphatic rings. The lowest BCUT2D eigenvalue weighted by Gasteiger charge is -2.16. The number of thioether (sulfide) groups is 1. The van der Waals surface area contributed by atoms with Crippen LogP contribution in [0.2, 0.25) is 0 Å². The predicted octanol–water partition coefficient (Wildman–Crippen LogP) is 0.224. The molecule has 3 fully saturated rings. The van der Waals surface area contributed by atoms with Crippen molar-refractivity contribution >= 4 is 41.5 Å². The molecule has 1 unspecified atom stereocenters. The fourth-order valence-electron chi connectivity index (χ4n) is 8.75.